The molecule has 0 spiro atoms. The summed E-state index contributed by atoms with van der Waals surface area (Å²) in [6.07, 6.45) is 4.06. The van der Waals surface area contributed by atoms with Crippen molar-refractivity contribution in [3.05, 3.63) is 70.8 Å². The molecule has 3 aromatic rings. The molecule has 1 aromatic carbocycles. The normalized spacial score (nSPS) is 10.4. The molecule has 0 aliphatic heterocycles. The second-order valence-electron chi connectivity index (χ2n) is 4.70. The average molecular weight is 312 g/mol. The lowest BCUT2D eigenvalue weighted by Crippen LogP contribution is -2.14. The Balaban J connectivity index is 1.67. The van der Waals surface area contributed by atoms with Gasteiger partial charge in [0.25, 0.3) is 5.91 Å². The fourth-order valence-electron chi connectivity index (χ4n) is 1.95. The smallest absolute Gasteiger partial charge is 0.307 e. The monoisotopic (exact) mass is 312 g/mol. The first kappa shape index (κ1) is 14.4. The summed E-state index contributed by atoms with van der Waals surface area (Å²) in [6, 6.07) is 10.6. The molecule has 0 saturated carbocycles. The van der Waals surface area contributed by atoms with Crippen LogP contribution in [0.15, 0.2) is 55.0 Å². The second kappa shape index (κ2) is 6.10. The van der Waals surface area contributed by atoms with Crippen LogP contribution in [0.1, 0.15) is 10.5 Å². The summed E-state index contributed by atoms with van der Waals surface area (Å²) in [6.45, 7) is 0.173. The third-order valence-electron chi connectivity index (χ3n) is 3.03. The largest absolute Gasteiger partial charge is 0.321 e. The van der Waals surface area contributed by atoms with Gasteiger partial charge >= 0.3 is 5.69 Å². The molecule has 0 fully saturated rings. The van der Waals surface area contributed by atoms with E-state index in [1.165, 1.54) is 15.6 Å². The molecule has 0 saturated heterocycles. The molecule has 0 bridgehead atoms. The van der Waals surface area contributed by atoms with Crippen LogP contribution in [-0.4, -0.2) is 30.4 Å². The van der Waals surface area contributed by atoms with Gasteiger partial charge in [-0.15, -0.1) is 0 Å². The highest BCUT2D eigenvalue weighted by atomic mass is 16.6. The number of amides is 1. The highest BCUT2D eigenvalue weighted by molar-refractivity contribution is 6.02. The minimum atomic E-state index is -0.522. The molecule has 0 aliphatic carbocycles. The van der Waals surface area contributed by atoms with Gasteiger partial charge in [0.05, 0.1) is 4.92 Å². The van der Waals surface area contributed by atoms with Crippen molar-refractivity contribution in [2.75, 3.05) is 5.32 Å². The van der Waals surface area contributed by atoms with E-state index in [1.807, 2.05) is 18.2 Å². The minimum absolute atomic E-state index is 0.0980. The molecule has 0 aliphatic rings. The minimum Gasteiger partial charge on any atom is -0.321 e. The number of carbonyl (C=O) groups excluding carboxylic acids is 1. The molecule has 23 heavy (non-hydrogen) atoms. The summed E-state index contributed by atoms with van der Waals surface area (Å²) in [5.74, 6) is -0.332. The Labute approximate surface area is 130 Å². The van der Waals surface area contributed by atoms with Crippen LogP contribution in [-0.2, 0) is 6.67 Å². The predicted molar refractivity (Wildman–Crippen MR) is 80.9 cm³/mol. The average Bonchev–Trinajstić information content (AvgIpc) is 3.18. The number of nitro groups is 1. The summed E-state index contributed by atoms with van der Waals surface area (Å²) in [4.78, 5) is 22.2. The molecule has 0 unspecified atom stereocenters. The van der Waals surface area contributed by atoms with Gasteiger partial charge in [0.1, 0.15) is 19.1 Å². The van der Waals surface area contributed by atoms with E-state index in [1.54, 1.807) is 24.4 Å². The summed E-state index contributed by atoms with van der Waals surface area (Å²) in [5.41, 5.74) is 0.824. The summed E-state index contributed by atoms with van der Waals surface area (Å²) in [5, 5.41) is 21.3. The molecule has 1 N–H and O–H groups in total. The highest BCUT2D eigenvalue weighted by Gasteiger charge is 2.12. The van der Waals surface area contributed by atoms with E-state index in [9.17, 15) is 14.9 Å². The van der Waals surface area contributed by atoms with E-state index in [0.29, 0.717) is 5.69 Å². The van der Waals surface area contributed by atoms with Gasteiger partial charge in [0.15, 0.2) is 5.69 Å². The van der Waals surface area contributed by atoms with Crippen molar-refractivity contribution in [3.63, 3.8) is 0 Å². The quantitative estimate of drug-likeness (QED) is 0.570. The third kappa shape index (κ3) is 3.40. The number of rotatable bonds is 5. The van der Waals surface area contributed by atoms with Gasteiger partial charge in [-0.25, -0.2) is 4.68 Å². The highest BCUT2D eigenvalue weighted by Crippen LogP contribution is 2.09. The number of para-hydroxylation sites is 1. The first-order chi connectivity index (χ1) is 11.1. The maximum Gasteiger partial charge on any atom is 0.307 e. The van der Waals surface area contributed by atoms with Crippen molar-refractivity contribution < 1.29 is 9.72 Å². The fraction of sp³-hybridized carbons (Fsp3) is 0.0714. The van der Waals surface area contributed by atoms with Crippen LogP contribution in [0.5, 0.6) is 0 Å². The molecule has 2 aromatic heterocycles. The van der Waals surface area contributed by atoms with Crippen LogP contribution in [0.25, 0.3) is 0 Å². The topological polar surface area (TPSA) is 108 Å². The number of benzene rings is 1. The zero-order valence-corrected chi connectivity index (χ0v) is 11.9. The zero-order chi connectivity index (χ0) is 16.2. The molecule has 9 nitrogen and oxygen atoms in total. The molecular formula is C14H12N6O3. The van der Waals surface area contributed by atoms with E-state index in [-0.39, 0.29) is 24.0 Å². The lowest BCUT2D eigenvalue weighted by Gasteiger charge is -2.03. The Bertz CT molecular complexity index is 839. The SMILES string of the molecule is O=C(Nc1ccccc1)c1ccn(Cn2cc([N+](=O)[O-])cn2)n1. The summed E-state index contributed by atoms with van der Waals surface area (Å²) in [7, 11) is 0. The van der Waals surface area contributed by atoms with Crippen molar-refractivity contribution in [3.8, 4) is 0 Å². The van der Waals surface area contributed by atoms with Gasteiger partial charge in [0.2, 0.25) is 0 Å². The maximum atomic E-state index is 12.1. The Kier molecular flexibility index (Phi) is 3.83. The maximum absolute atomic E-state index is 12.1. The number of aromatic nitrogens is 4. The van der Waals surface area contributed by atoms with Gasteiger partial charge in [-0.1, -0.05) is 18.2 Å². The van der Waals surface area contributed by atoms with Crippen LogP contribution in [0.2, 0.25) is 0 Å². The number of carbonyl (C=O) groups is 1. The Hall–Kier alpha value is -3.49. The van der Waals surface area contributed by atoms with Gasteiger partial charge < -0.3 is 5.32 Å². The molecule has 1 amide bonds. The number of nitrogens with zero attached hydrogens (tertiary/aromatic N) is 5. The fourth-order valence-corrected chi connectivity index (χ4v) is 1.95. The first-order valence-corrected chi connectivity index (χ1v) is 6.68. The molecule has 9 heteroatoms. The second-order valence-corrected chi connectivity index (χ2v) is 4.70. The van der Waals surface area contributed by atoms with Crippen LogP contribution >= 0.6 is 0 Å². The number of hydrogen-bond donors (Lipinski definition) is 1. The van der Waals surface area contributed by atoms with Gasteiger partial charge in [-0.2, -0.15) is 10.2 Å². The van der Waals surface area contributed by atoms with Gasteiger partial charge in [0, 0.05) is 11.9 Å². The van der Waals surface area contributed by atoms with Crippen molar-refractivity contribution in [1.29, 1.82) is 0 Å². The summed E-state index contributed by atoms with van der Waals surface area (Å²) < 4.78 is 2.83. The lowest BCUT2D eigenvalue weighted by molar-refractivity contribution is -0.385. The predicted octanol–water partition coefficient (Wildman–Crippen LogP) is 1.75. The third-order valence-corrected chi connectivity index (χ3v) is 3.03. The molecular weight excluding hydrogens is 300 g/mol. The van der Waals surface area contributed by atoms with Crippen molar-refractivity contribution in [2.24, 2.45) is 0 Å². The van der Waals surface area contributed by atoms with E-state index >= 15 is 0 Å². The molecule has 2 heterocycles. The van der Waals surface area contributed by atoms with Gasteiger partial charge in [-0.3, -0.25) is 19.6 Å². The van der Waals surface area contributed by atoms with Crippen molar-refractivity contribution in [1.82, 2.24) is 19.6 Å². The van der Waals surface area contributed by atoms with Crippen LogP contribution < -0.4 is 5.32 Å². The van der Waals surface area contributed by atoms with E-state index < -0.39 is 4.92 Å². The molecule has 116 valence electrons. The van der Waals surface area contributed by atoms with Crippen LogP contribution in [0, 0.1) is 10.1 Å². The Morgan fingerprint density at radius 3 is 2.70 bits per heavy atom. The summed E-state index contributed by atoms with van der Waals surface area (Å²) >= 11 is 0. The van der Waals surface area contributed by atoms with Gasteiger partial charge in [-0.05, 0) is 18.2 Å². The van der Waals surface area contributed by atoms with Crippen molar-refractivity contribution in [2.45, 2.75) is 6.67 Å². The van der Waals surface area contributed by atoms with Crippen LogP contribution in [0.4, 0.5) is 11.4 Å². The molecule has 3 rings (SSSR count). The van der Waals surface area contributed by atoms with E-state index in [4.69, 9.17) is 0 Å². The van der Waals surface area contributed by atoms with E-state index in [2.05, 4.69) is 15.5 Å². The number of hydrogen-bond acceptors (Lipinski definition) is 5. The first-order valence-electron chi connectivity index (χ1n) is 6.68. The molecule has 0 atom stereocenters. The Morgan fingerprint density at radius 1 is 1.22 bits per heavy atom. The number of anilines is 1. The number of nitrogens with one attached hydrogen (secondary N) is 1. The lowest BCUT2D eigenvalue weighted by atomic mass is 10.3. The Morgan fingerprint density at radius 2 is 2.00 bits per heavy atom. The van der Waals surface area contributed by atoms with Crippen LogP contribution in [0.3, 0.4) is 0 Å². The standard InChI is InChI=1S/C14H12N6O3/c21-14(16-11-4-2-1-3-5-11)13-6-7-18(17-13)10-19-9-12(8-15-19)20(22)23/h1-9H,10H2,(H,16,21). The zero-order valence-electron chi connectivity index (χ0n) is 11.9. The van der Waals surface area contributed by atoms with E-state index in [0.717, 1.165) is 6.20 Å². The van der Waals surface area contributed by atoms with Crippen molar-refractivity contribution >= 4 is 17.3 Å². The molecule has 0 radical (unpaired) electrons.